The van der Waals surface area contributed by atoms with Gasteiger partial charge in [-0.25, -0.2) is 9.48 Å². The standard InChI is InChI=1S/C10H13N3O2/c1-4-15-10(14)9-7(2)8(3)12-13(9)6-5-11/h4,6H2,1-3H3. The van der Waals surface area contributed by atoms with Crippen molar-refractivity contribution in [2.75, 3.05) is 6.61 Å². The zero-order valence-corrected chi connectivity index (χ0v) is 9.07. The van der Waals surface area contributed by atoms with Crippen molar-refractivity contribution in [2.45, 2.75) is 27.3 Å². The molecule has 0 fully saturated rings. The number of esters is 1. The zero-order valence-electron chi connectivity index (χ0n) is 9.07. The van der Waals surface area contributed by atoms with Crippen LogP contribution >= 0.6 is 0 Å². The quantitative estimate of drug-likeness (QED) is 0.698. The molecule has 0 aromatic carbocycles. The monoisotopic (exact) mass is 207 g/mol. The summed E-state index contributed by atoms with van der Waals surface area (Å²) in [6.45, 7) is 5.71. The molecule has 0 radical (unpaired) electrons. The number of hydrogen-bond acceptors (Lipinski definition) is 4. The molecule has 0 unspecified atom stereocenters. The van der Waals surface area contributed by atoms with Crippen LogP contribution in [0.1, 0.15) is 28.7 Å². The Labute approximate surface area is 88.3 Å². The number of nitriles is 1. The smallest absolute Gasteiger partial charge is 0.356 e. The second-order valence-corrected chi connectivity index (χ2v) is 3.10. The average Bonchev–Trinajstić information content (AvgIpc) is 2.44. The van der Waals surface area contributed by atoms with Gasteiger partial charge in [0.1, 0.15) is 6.54 Å². The number of rotatable bonds is 3. The summed E-state index contributed by atoms with van der Waals surface area (Å²) in [5.41, 5.74) is 1.88. The van der Waals surface area contributed by atoms with E-state index in [4.69, 9.17) is 10.00 Å². The van der Waals surface area contributed by atoms with Crippen LogP contribution in [0.4, 0.5) is 0 Å². The van der Waals surface area contributed by atoms with Crippen molar-refractivity contribution in [1.29, 1.82) is 5.26 Å². The summed E-state index contributed by atoms with van der Waals surface area (Å²) in [5, 5.41) is 12.7. The fourth-order valence-corrected chi connectivity index (χ4v) is 1.31. The van der Waals surface area contributed by atoms with Gasteiger partial charge >= 0.3 is 5.97 Å². The highest BCUT2D eigenvalue weighted by Crippen LogP contribution is 2.13. The number of hydrogen-bond donors (Lipinski definition) is 0. The van der Waals surface area contributed by atoms with Gasteiger partial charge in [0.25, 0.3) is 0 Å². The maximum Gasteiger partial charge on any atom is 0.356 e. The molecule has 5 nitrogen and oxygen atoms in total. The molecule has 0 aliphatic rings. The van der Waals surface area contributed by atoms with Gasteiger partial charge in [-0.1, -0.05) is 0 Å². The molecule has 0 N–H and O–H groups in total. The van der Waals surface area contributed by atoms with E-state index in [0.717, 1.165) is 11.3 Å². The van der Waals surface area contributed by atoms with Crippen LogP contribution in [0.5, 0.6) is 0 Å². The molecule has 0 aliphatic carbocycles. The molecule has 1 aromatic rings. The predicted octanol–water partition coefficient (Wildman–Crippen LogP) is 1.20. The van der Waals surface area contributed by atoms with E-state index in [1.54, 1.807) is 20.8 Å². The predicted molar refractivity (Wildman–Crippen MR) is 53.3 cm³/mol. The molecule has 0 bridgehead atoms. The van der Waals surface area contributed by atoms with E-state index < -0.39 is 5.97 Å². The minimum absolute atomic E-state index is 0.0584. The molecule has 0 amide bonds. The second kappa shape index (κ2) is 4.60. The molecule has 80 valence electrons. The lowest BCUT2D eigenvalue weighted by Crippen LogP contribution is -2.14. The molecular weight excluding hydrogens is 194 g/mol. The van der Waals surface area contributed by atoms with Gasteiger partial charge in [-0.2, -0.15) is 10.4 Å². The van der Waals surface area contributed by atoms with Gasteiger partial charge in [-0.15, -0.1) is 0 Å². The first-order valence-electron chi connectivity index (χ1n) is 4.69. The molecule has 0 atom stereocenters. The lowest BCUT2D eigenvalue weighted by molar-refractivity contribution is 0.0512. The molecule has 1 aromatic heterocycles. The SMILES string of the molecule is CCOC(=O)c1c(C)c(C)nn1CC#N. The van der Waals surface area contributed by atoms with E-state index in [1.165, 1.54) is 4.68 Å². The van der Waals surface area contributed by atoms with Crippen molar-refractivity contribution in [3.05, 3.63) is 17.0 Å². The first-order valence-corrected chi connectivity index (χ1v) is 4.69. The summed E-state index contributed by atoms with van der Waals surface area (Å²) in [6.07, 6.45) is 0. The van der Waals surface area contributed by atoms with Gasteiger partial charge in [-0.05, 0) is 20.8 Å². The Morgan fingerprint density at radius 1 is 1.60 bits per heavy atom. The fourth-order valence-electron chi connectivity index (χ4n) is 1.31. The highest BCUT2D eigenvalue weighted by atomic mass is 16.5. The van der Waals surface area contributed by atoms with Crippen LogP contribution in [-0.2, 0) is 11.3 Å². The van der Waals surface area contributed by atoms with Crippen LogP contribution < -0.4 is 0 Å². The summed E-state index contributed by atoms with van der Waals surface area (Å²) >= 11 is 0. The van der Waals surface area contributed by atoms with Crippen LogP contribution in [0, 0.1) is 25.2 Å². The Balaban J connectivity index is 3.14. The van der Waals surface area contributed by atoms with Crippen molar-refractivity contribution in [2.24, 2.45) is 0 Å². The average molecular weight is 207 g/mol. The summed E-state index contributed by atoms with van der Waals surface area (Å²) in [5.74, 6) is -0.425. The second-order valence-electron chi connectivity index (χ2n) is 3.10. The zero-order chi connectivity index (χ0) is 11.4. The molecule has 15 heavy (non-hydrogen) atoms. The van der Waals surface area contributed by atoms with E-state index >= 15 is 0 Å². The van der Waals surface area contributed by atoms with E-state index in [0.29, 0.717) is 12.3 Å². The lowest BCUT2D eigenvalue weighted by atomic mass is 10.2. The highest BCUT2D eigenvalue weighted by Gasteiger charge is 2.19. The van der Waals surface area contributed by atoms with Crippen molar-refractivity contribution in [3.8, 4) is 6.07 Å². The third-order valence-corrected chi connectivity index (χ3v) is 2.12. The Morgan fingerprint density at radius 3 is 2.80 bits per heavy atom. The van der Waals surface area contributed by atoms with E-state index in [9.17, 15) is 4.79 Å². The Bertz CT molecular complexity index is 415. The fraction of sp³-hybridized carbons (Fsp3) is 0.500. The van der Waals surface area contributed by atoms with Gasteiger partial charge < -0.3 is 4.74 Å². The number of aromatic nitrogens is 2. The van der Waals surface area contributed by atoms with Gasteiger partial charge in [0, 0.05) is 5.56 Å². The maximum absolute atomic E-state index is 11.6. The van der Waals surface area contributed by atoms with E-state index in [-0.39, 0.29) is 6.54 Å². The van der Waals surface area contributed by atoms with Crippen molar-refractivity contribution >= 4 is 5.97 Å². The molecule has 0 aliphatic heterocycles. The molecule has 0 saturated carbocycles. The van der Waals surface area contributed by atoms with Crippen LogP contribution in [-0.4, -0.2) is 22.4 Å². The molecule has 1 heterocycles. The number of ether oxygens (including phenoxy) is 1. The van der Waals surface area contributed by atoms with E-state index in [2.05, 4.69) is 5.10 Å². The number of carbonyl (C=O) groups excluding carboxylic acids is 1. The lowest BCUT2D eigenvalue weighted by Gasteiger charge is -2.03. The van der Waals surface area contributed by atoms with E-state index in [1.807, 2.05) is 6.07 Å². The first kappa shape index (κ1) is 11.2. The highest BCUT2D eigenvalue weighted by molar-refractivity contribution is 5.89. The summed E-state index contributed by atoms with van der Waals surface area (Å²) < 4.78 is 6.28. The molecular formula is C10H13N3O2. The number of aryl methyl sites for hydroxylation is 1. The van der Waals surface area contributed by atoms with Crippen LogP contribution in [0.3, 0.4) is 0 Å². The third-order valence-electron chi connectivity index (χ3n) is 2.12. The van der Waals surface area contributed by atoms with Gasteiger partial charge in [0.15, 0.2) is 5.69 Å². The molecule has 5 heteroatoms. The normalized spacial score (nSPS) is 9.73. The largest absolute Gasteiger partial charge is 0.461 e. The van der Waals surface area contributed by atoms with Crippen molar-refractivity contribution in [3.63, 3.8) is 0 Å². The maximum atomic E-state index is 11.6. The minimum atomic E-state index is -0.425. The number of nitrogens with zero attached hydrogens (tertiary/aromatic N) is 3. The first-order chi connectivity index (χ1) is 7.11. The molecule has 0 saturated heterocycles. The third kappa shape index (κ3) is 2.15. The Hall–Kier alpha value is -1.83. The van der Waals surface area contributed by atoms with Crippen LogP contribution in [0.2, 0.25) is 0 Å². The van der Waals surface area contributed by atoms with Crippen molar-refractivity contribution in [1.82, 2.24) is 9.78 Å². The topological polar surface area (TPSA) is 67.9 Å². The van der Waals surface area contributed by atoms with Gasteiger partial charge in [0.05, 0.1) is 18.4 Å². The molecule has 1 rings (SSSR count). The summed E-state index contributed by atoms with van der Waals surface area (Å²) in [4.78, 5) is 11.6. The minimum Gasteiger partial charge on any atom is -0.461 e. The van der Waals surface area contributed by atoms with Gasteiger partial charge in [-0.3, -0.25) is 0 Å². The Kier molecular flexibility index (Phi) is 3.45. The molecule has 0 spiro atoms. The van der Waals surface area contributed by atoms with Crippen LogP contribution in [0.25, 0.3) is 0 Å². The summed E-state index contributed by atoms with van der Waals surface area (Å²) in [6, 6.07) is 1.95. The van der Waals surface area contributed by atoms with Crippen molar-refractivity contribution < 1.29 is 9.53 Å². The Morgan fingerprint density at radius 2 is 2.27 bits per heavy atom. The summed E-state index contributed by atoms with van der Waals surface area (Å²) in [7, 11) is 0. The van der Waals surface area contributed by atoms with Gasteiger partial charge in [0.2, 0.25) is 0 Å². The number of carbonyl (C=O) groups is 1. The van der Waals surface area contributed by atoms with Crippen LogP contribution in [0.15, 0.2) is 0 Å².